The van der Waals surface area contributed by atoms with Gasteiger partial charge in [0.25, 0.3) is 11.6 Å². The quantitative estimate of drug-likeness (QED) is 0.514. The number of fused-ring (bicyclic) bond motifs is 1. The lowest BCUT2D eigenvalue weighted by Gasteiger charge is -2.15. The predicted octanol–water partition coefficient (Wildman–Crippen LogP) is 4.43. The Labute approximate surface area is 164 Å². The molecule has 0 saturated heterocycles. The Morgan fingerprint density at radius 3 is 2.68 bits per heavy atom. The zero-order valence-corrected chi connectivity index (χ0v) is 15.4. The van der Waals surface area contributed by atoms with Gasteiger partial charge >= 0.3 is 6.01 Å². The summed E-state index contributed by atoms with van der Waals surface area (Å²) >= 11 is 5.98. The number of anilines is 1. The molecule has 4 rings (SSSR count). The maximum atomic E-state index is 12.4. The number of hydrogen-bond donors (Lipinski definition) is 1. The number of nitro benzene ring substituents is 1. The van der Waals surface area contributed by atoms with E-state index in [1.807, 2.05) is 12.1 Å². The average molecular weight is 399 g/mol. The molecular weight excluding hydrogens is 384 g/mol. The van der Waals surface area contributed by atoms with E-state index in [-0.39, 0.29) is 28.2 Å². The van der Waals surface area contributed by atoms with E-state index in [9.17, 15) is 14.9 Å². The molecule has 0 aliphatic heterocycles. The van der Waals surface area contributed by atoms with Crippen molar-refractivity contribution < 1.29 is 14.1 Å². The number of hydrogen-bond acceptors (Lipinski definition) is 6. The van der Waals surface area contributed by atoms with E-state index in [0.29, 0.717) is 0 Å². The lowest BCUT2D eigenvalue weighted by atomic mass is 9.90. The SMILES string of the molecule is O=C(Nc1nnc(-c2ccc3c(c2)CCCC3)o1)c1cc([N+](=O)[O-])ccc1Cl. The van der Waals surface area contributed by atoms with E-state index < -0.39 is 10.8 Å². The van der Waals surface area contributed by atoms with Crippen LogP contribution in [0.4, 0.5) is 11.7 Å². The van der Waals surface area contributed by atoms with E-state index in [1.54, 1.807) is 0 Å². The zero-order chi connectivity index (χ0) is 19.7. The Balaban J connectivity index is 1.55. The van der Waals surface area contributed by atoms with Crippen molar-refractivity contribution in [2.24, 2.45) is 0 Å². The van der Waals surface area contributed by atoms with E-state index >= 15 is 0 Å². The van der Waals surface area contributed by atoms with Crippen molar-refractivity contribution in [3.63, 3.8) is 0 Å². The van der Waals surface area contributed by atoms with Crippen molar-refractivity contribution in [3.05, 3.63) is 68.2 Å². The molecule has 0 radical (unpaired) electrons. The van der Waals surface area contributed by atoms with Crippen molar-refractivity contribution >= 4 is 29.2 Å². The summed E-state index contributed by atoms with van der Waals surface area (Å²) in [6.07, 6.45) is 4.45. The third-order valence-electron chi connectivity index (χ3n) is 4.65. The molecule has 0 unspecified atom stereocenters. The highest BCUT2D eigenvalue weighted by Gasteiger charge is 2.19. The molecule has 1 heterocycles. The minimum Gasteiger partial charge on any atom is -0.403 e. The number of benzene rings is 2. The molecule has 28 heavy (non-hydrogen) atoms. The minimum absolute atomic E-state index is 0.0515. The van der Waals surface area contributed by atoms with Gasteiger partial charge in [-0.25, -0.2) is 0 Å². The number of carbonyl (C=O) groups excluding carboxylic acids is 1. The summed E-state index contributed by atoms with van der Waals surface area (Å²) in [5, 5.41) is 21.2. The topological polar surface area (TPSA) is 111 Å². The number of carbonyl (C=O) groups is 1. The number of nitrogens with zero attached hydrogens (tertiary/aromatic N) is 3. The number of nitrogens with one attached hydrogen (secondary N) is 1. The molecule has 1 N–H and O–H groups in total. The van der Waals surface area contributed by atoms with Crippen molar-refractivity contribution in [1.29, 1.82) is 0 Å². The number of non-ortho nitro benzene ring substituents is 1. The number of amides is 1. The lowest BCUT2D eigenvalue weighted by molar-refractivity contribution is -0.384. The fraction of sp³-hybridized carbons (Fsp3) is 0.211. The summed E-state index contributed by atoms with van der Waals surface area (Å²) in [6, 6.07) is 9.51. The molecule has 0 atom stereocenters. The van der Waals surface area contributed by atoms with Crippen LogP contribution in [0.2, 0.25) is 5.02 Å². The van der Waals surface area contributed by atoms with Gasteiger partial charge in [-0.3, -0.25) is 20.2 Å². The fourth-order valence-electron chi connectivity index (χ4n) is 3.22. The maximum Gasteiger partial charge on any atom is 0.322 e. The average Bonchev–Trinajstić information content (AvgIpc) is 3.16. The number of halogens is 1. The van der Waals surface area contributed by atoms with E-state index in [2.05, 4.69) is 21.6 Å². The molecule has 0 fully saturated rings. The maximum absolute atomic E-state index is 12.4. The van der Waals surface area contributed by atoms with Crippen molar-refractivity contribution in [3.8, 4) is 11.5 Å². The molecule has 1 aromatic heterocycles. The van der Waals surface area contributed by atoms with Crippen LogP contribution < -0.4 is 5.32 Å². The smallest absolute Gasteiger partial charge is 0.322 e. The lowest BCUT2D eigenvalue weighted by Crippen LogP contribution is -2.13. The van der Waals surface area contributed by atoms with Gasteiger partial charge in [-0.05, 0) is 55.0 Å². The molecule has 1 aliphatic carbocycles. The molecule has 0 spiro atoms. The van der Waals surface area contributed by atoms with Crippen LogP contribution >= 0.6 is 11.6 Å². The first-order valence-corrected chi connectivity index (χ1v) is 9.10. The van der Waals surface area contributed by atoms with Crippen LogP contribution in [-0.4, -0.2) is 21.0 Å². The summed E-state index contributed by atoms with van der Waals surface area (Å²) < 4.78 is 5.54. The van der Waals surface area contributed by atoms with Gasteiger partial charge in [0.05, 0.1) is 15.5 Å². The number of rotatable bonds is 4. The van der Waals surface area contributed by atoms with Gasteiger partial charge in [-0.1, -0.05) is 22.8 Å². The second-order valence-corrected chi connectivity index (χ2v) is 6.89. The van der Waals surface area contributed by atoms with Gasteiger partial charge in [-0.15, -0.1) is 5.10 Å². The Bertz CT molecular complexity index is 1080. The second kappa shape index (κ2) is 7.40. The number of aryl methyl sites for hydroxylation is 2. The first-order valence-electron chi connectivity index (χ1n) is 8.72. The van der Waals surface area contributed by atoms with Gasteiger partial charge in [0.2, 0.25) is 5.89 Å². The van der Waals surface area contributed by atoms with Crippen LogP contribution in [0.15, 0.2) is 40.8 Å². The third-order valence-corrected chi connectivity index (χ3v) is 4.98. The van der Waals surface area contributed by atoms with Crippen molar-refractivity contribution in [2.75, 3.05) is 5.32 Å². The van der Waals surface area contributed by atoms with Crippen LogP contribution in [0.25, 0.3) is 11.5 Å². The zero-order valence-electron chi connectivity index (χ0n) is 14.6. The minimum atomic E-state index is -0.672. The Kier molecular flexibility index (Phi) is 4.79. The molecule has 0 bridgehead atoms. The molecule has 0 saturated carbocycles. The van der Waals surface area contributed by atoms with E-state index in [1.165, 1.54) is 29.7 Å². The largest absolute Gasteiger partial charge is 0.403 e. The first-order chi connectivity index (χ1) is 13.5. The highest BCUT2D eigenvalue weighted by molar-refractivity contribution is 6.34. The second-order valence-electron chi connectivity index (χ2n) is 6.48. The van der Waals surface area contributed by atoms with Crippen LogP contribution in [0.1, 0.15) is 34.3 Å². The molecule has 8 nitrogen and oxygen atoms in total. The van der Waals surface area contributed by atoms with Gasteiger partial charge in [-0.2, -0.15) is 0 Å². The van der Waals surface area contributed by atoms with Crippen LogP contribution in [0, 0.1) is 10.1 Å². The molecule has 9 heteroatoms. The van der Waals surface area contributed by atoms with Crippen molar-refractivity contribution in [1.82, 2.24) is 10.2 Å². The highest BCUT2D eigenvalue weighted by atomic mass is 35.5. The van der Waals surface area contributed by atoms with Crippen LogP contribution in [0.5, 0.6) is 0 Å². The molecule has 1 amide bonds. The summed E-state index contributed by atoms with van der Waals surface area (Å²) in [4.78, 5) is 22.7. The van der Waals surface area contributed by atoms with Crippen LogP contribution in [-0.2, 0) is 12.8 Å². The number of aromatic nitrogens is 2. The van der Waals surface area contributed by atoms with Gasteiger partial charge in [0.1, 0.15) is 0 Å². The van der Waals surface area contributed by atoms with Gasteiger partial charge in [0.15, 0.2) is 0 Å². The number of nitro groups is 1. The summed E-state index contributed by atoms with van der Waals surface area (Å²) in [7, 11) is 0. The van der Waals surface area contributed by atoms with E-state index in [4.69, 9.17) is 16.0 Å². The highest BCUT2D eigenvalue weighted by Crippen LogP contribution is 2.28. The Morgan fingerprint density at radius 1 is 1.11 bits per heavy atom. The van der Waals surface area contributed by atoms with Crippen molar-refractivity contribution in [2.45, 2.75) is 25.7 Å². The normalized spacial score (nSPS) is 13.0. The predicted molar refractivity (Wildman–Crippen MR) is 102 cm³/mol. The fourth-order valence-corrected chi connectivity index (χ4v) is 3.43. The summed E-state index contributed by atoms with van der Waals surface area (Å²) in [5.74, 6) is -0.386. The molecule has 1 aliphatic rings. The van der Waals surface area contributed by atoms with E-state index in [0.717, 1.165) is 30.9 Å². The van der Waals surface area contributed by atoms with Gasteiger partial charge in [0, 0.05) is 17.7 Å². The summed E-state index contributed by atoms with van der Waals surface area (Å²) in [6.45, 7) is 0. The van der Waals surface area contributed by atoms with Crippen LogP contribution in [0.3, 0.4) is 0 Å². The van der Waals surface area contributed by atoms with Gasteiger partial charge < -0.3 is 4.42 Å². The molecule has 2 aromatic carbocycles. The standard InChI is InChI=1S/C19H15ClN4O4/c20-16-8-7-14(24(26)27)10-15(16)17(25)21-19-23-22-18(28-19)13-6-5-11-3-1-2-4-12(11)9-13/h5-10H,1-4H2,(H,21,23,25). The molecular formula is C19H15ClN4O4. The monoisotopic (exact) mass is 398 g/mol. The Morgan fingerprint density at radius 2 is 1.89 bits per heavy atom. The first kappa shape index (κ1) is 18.1. The third kappa shape index (κ3) is 3.59. The Hall–Kier alpha value is -3.26. The molecule has 142 valence electrons. The summed E-state index contributed by atoms with van der Waals surface area (Å²) in [5.41, 5.74) is 3.10. The molecule has 3 aromatic rings.